The van der Waals surface area contributed by atoms with Gasteiger partial charge in [0.1, 0.15) is 0 Å². The molecule has 0 saturated heterocycles. The van der Waals surface area contributed by atoms with Crippen LogP contribution in [0.15, 0.2) is 53.4 Å². The van der Waals surface area contributed by atoms with Crippen molar-refractivity contribution in [3.05, 3.63) is 59.7 Å². The number of anilines is 1. The van der Waals surface area contributed by atoms with E-state index in [9.17, 15) is 4.79 Å². The SMILES string of the molecule is O=C(CSc1ccccc1)Nc1cccc2c1CCCC2. The Kier molecular flexibility index (Phi) is 4.61. The minimum Gasteiger partial charge on any atom is -0.325 e. The summed E-state index contributed by atoms with van der Waals surface area (Å²) in [5.74, 6) is 0.524. The highest BCUT2D eigenvalue weighted by atomic mass is 32.2. The Morgan fingerprint density at radius 3 is 2.67 bits per heavy atom. The number of benzene rings is 2. The van der Waals surface area contributed by atoms with E-state index in [1.54, 1.807) is 11.8 Å². The monoisotopic (exact) mass is 297 g/mol. The summed E-state index contributed by atoms with van der Waals surface area (Å²) in [6.45, 7) is 0. The average molecular weight is 297 g/mol. The van der Waals surface area contributed by atoms with E-state index in [4.69, 9.17) is 0 Å². The zero-order valence-corrected chi connectivity index (χ0v) is 12.8. The maximum absolute atomic E-state index is 12.1. The normalized spacial score (nSPS) is 13.5. The summed E-state index contributed by atoms with van der Waals surface area (Å²) in [6, 6.07) is 16.3. The van der Waals surface area contributed by atoms with Crippen LogP contribution in [-0.2, 0) is 17.6 Å². The van der Waals surface area contributed by atoms with Crippen LogP contribution in [0.4, 0.5) is 5.69 Å². The Morgan fingerprint density at radius 2 is 1.81 bits per heavy atom. The van der Waals surface area contributed by atoms with Crippen molar-refractivity contribution in [2.75, 3.05) is 11.1 Å². The Hall–Kier alpha value is -1.74. The van der Waals surface area contributed by atoms with Gasteiger partial charge in [-0.3, -0.25) is 4.79 Å². The van der Waals surface area contributed by atoms with Crippen LogP contribution in [0.1, 0.15) is 24.0 Å². The van der Waals surface area contributed by atoms with Crippen LogP contribution >= 0.6 is 11.8 Å². The molecule has 108 valence electrons. The van der Waals surface area contributed by atoms with Crippen molar-refractivity contribution in [2.24, 2.45) is 0 Å². The highest BCUT2D eigenvalue weighted by molar-refractivity contribution is 8.00. The van der Waals surface area contributed by atoms with Gasteiger partial charge < -0.3 is 5.32 Å². The third kappa shape index (κ3) is 3.67. The predicted molar refractivity (Wildman–Crippen MR) is 88.9 cm³/mol. The number of rotatable bonds is 4. The number of carbonyl (C=O) groups is 1. The van der Waals surface area contributed by atoms with Gasteiger partial charge in [0.15, 0.2) is 0 Å². The van der Waals surface area contributed by atoms with Crippen molar-refractivity contribution in [1.82, 2.24) is 0 Å². The summed E-state index contributed by atoms with van der Waals surface area (Å²) in [6.07, 6.45) is 4.70. The lowest BCUT2D eigenvalue weighted by atomic mass is 9.90. The number of aryl methyl sites for hydroxylation is 1. The number of fused-ring (bicyclic) bond motifs is 1. The van der Waals surface area contributed by atoms with Gasteiger partial charge in [-0.15, -0.1) is 11.8 Å². The summed E-state index contributed by atoms with van der Waals surface area (Å²) in [5, 5.41) is 3.08. The standard InChI is InChI=1S/C18H19NOS/c20-18(13-21-15-9-2-1-3-10-15)19-17-12-6-8-14-7-4-5-11-16(14)17/h1-3,6,8-10,12H,4-5,7,11,13H2,(H,19,20). The number of amides is 1. The van der Waals surface area contributed by atoms with E-state index < -0.39 is 0 Å². The molecule has 0 atom stereocenters. The van der Waals surface area contributed by atoms with Crippen molar-refractivity contribution in [1.29, 1.82) is 0 Å². The van der Waals surface area contributed by atoms with E-state index in [1.165, 1.54) is 24.0 Å². The maximum Gasteiger partial charge on any atom is 0.234 e. The summed E-state index contributed by atoms with van der Waals surface area (Å²) < 4.78 is 0. The van der Waals surface area contributed by atoms with Crippen LogP contribution in [0.2, 0.25) is 0 Å². The second kappa shape index (κ2) is 6.81. The lowest BCUT2D eigenvalue weighted by Gasteiger charge is -2.19. The molecule has 3 rings (SSSR count). The predicted octanol–water partition coefficient (Wildman–Crippen LogP) is 4.30. The highest BCUT2D eigenvalue weighted by Crippen LogP contribution is 2.28. The Bertz CT molecular complexity index is 624. The van der Waals surface area contributed by atoms with Crippen LogP contribution in [0.25, 0.3) is 0 Å². The largest absolute Gasteiger partial charge is 0.325 e. The lowest BCUT2D eigenvalue weighted by Crippen LogP contribution is -2.17. The van der Waals surface area contributed by atoms with Gasteiger partial charge in [-0.2, -0.15) is 0 Å². The van der Waals surface area contributed by atoms with E-state index in [0.717, 1.165) is 23.4 Å². The van der Waals surface area contributed by atoms with Gasteiger partial charge in [0.05, 0.1) is 5.75 Å². The van der Waals surface area contributed by atoms with Gasteiger partial charge >= 0.3 is 0 Å². The molecule has 0 saturated carbocycles. The third-order valence-electron chi connectivity index (χ3n) is 3.78. The molecule has 1 aliphatic rings. The molecule has 0 aromatic heterocycles. The van der Waals surface area contributed by atoms with Crippen LogP contribution in [0.3, 0.4) is 0 Å². The molecule has 1 amide bonds. The van der Waals surface area contributed by atoms with Crippen LogP contribution in [0, 0.1) is 0 Å². The number of carbonyl (C=O) groups excluding carboxylic acids is 1. The molecule has 2 aromatic rings. The Labute approximate surface area is 130 Å². The summed E-state index contributed by atoms with van der Waals surface area (Å²) in [4.78, 5) is 13.3. The maximum atomic E-state index is 12.1. The highest BCUT2D eigenvalue weighted by Gasteiger charge is 2.14. The van der Waals surface area contributed by atoms with E-state index in [-0.39, 0.29) is 5.91 Å². The van der Waals surface area contributed by atoms with Crippen molar-refractivity contribution in [3.63, 3.8) is 0 Å². The number of thioether (sulfide) groups is 1. The smallest absolute Gasteiger partial charge is 0.234 e. The van der Waals surface area contributed by atoms with Crippen LogP contribution in [0.5, 0.6) is 0 Å². The average Bonchev–Trinajstić information content (AvgIpc) is 2.54. The van der Waals surface area contributed by atoms with E-state index >= 15 is 0 Å². The lowest BCUT2D eigenvalue weighted by molar-refractivity contribution is -0.113. The zero-order valence-electron chi connectivity index (χ0n) is 12.0. The second-order valence-electron chi connectivity index (χ2n) is 5.30. The second-order valence-corrected chi connectivity index (χ2v) is 6.35. The molecular weight excluding hydrogens is 278 g/mol. The molecule has 1 N–H and O–H groups in total. The first-order valence-electron chi connectivity index (χ1n) is 7.41. The summed E-state index contributed by atoms with van der Waals surface area (Å²) in [5.41, 5.74) is 3.74. The van der Waals surface area contributed by atoms with E-state index in [0.29, 0.717) is 5.75 Å². The van der Waals surface area contributed by atoms with E-state index in [2.05, 4.69) is 11.4 Å². The Balaban J connectivity index is 1.63. The quantitative estimate of drug-likeness (QED) is 0.853. The number of hydrogen-bond acceptors (Lipinski definition) is 2. The molecule has 0 heterocycles. The Morgan fingerprint density at radius 1 is 1.00 bits per heavy atom. The van der Waals surface area contributed by atoms with Crippen molar-refractivity contribution < 1.29 is 4.79 Å². The van der Waals surface area contributed by atoms with Crippen LogP contribution < -0.4 is 5.32 Å². The molecule has 0 radical (unpaired) electrons. The molecule has 1 aliphatic carbocycles. The van der Waals surface area contributed by atoms with Gasteiger partial charge in [-0.25, -0.2) is 0 Å². The van der Waals surface area contributed by atoms with Gasteiger partial charge in [-0.05, 0) is 55.0 Å². The fraction of sp³-hybridized carbons (Fsp3) is 0.278. The van der Waals surface area contributed by atoms with Crippen LogP contribution in [-0.4, -0.2) is 11.7 Å². The molecule has 2 nitrogen and oxygen atoms in total. The minimum atomic E-state index is 0.0721. The first kappa shape index (κ1) is 14.2. The van der Waals surface area contributed by atoms with Gasteiger partial charge in [0, 0.05) is 10.6 Å². The fourth-order valence-corrected chi connectivity index (χ4v) is 3.47. The molecule has 0 spiro atoms. The summed E-state index contributed by atoms with van der Waals surface area (Å²) in [7, 11) is 0. The molecule has 0 bridgehead atoms. The minimum absolute atomic E-state index is 0.0721. The molecule has 2 aromatic carbocycles. The van der Waals surface area contributed by atoms with Gasteiger partial charge in [0.25, 0.3) is 0 Å². The number of nitrogens with one attached hydrogen (secondary N) is 1. The molecule has 0 unspecified atom stereocenters. The zero-order chi connectivity index (χ0) is 14.5. The third-order valence-corrected chi connectivity index (χ3v) is 4.80. The van der Waals surface area contributed by atoms with Crippen molar-refractivity contribution in [2.45, 2.75) is 30.6 Å². The topological polar surface area (TPSA) is 29.1 Å². The van der Waals surface area contributed by atoms with Gasteiger partial charge in [-0.1, -0.05) is 30.3 Å². The number of hydrogen-bond donors (Lipinski definition) is 1. The molecule has 21 heavy (non-hydrogen) atoms. The van der Waals surface area contributed by atoms with Gasteiger partial charge in [0.2, 0.25) is 5.91 Å². The fourth-order valence-electron chi connectivity index (χ4n) is 2.75. The van der Waals surface area contributed by atoms with Crippen molar-refractivity contribution in [3.8, 4) is 0 Å². The molecule has 0 fully saturated rings. The molecule has 3 heteroatoms. The van der Waals surface area contributed by atoms with Crippen molar-refractivity contribution >= 4 is 23.4 Å². The first-order chi connectivity index (χ1) is 10.3. The molecule has 0 aliphatic heterocycles. The van der Waals surface area contributed by atoms with E-state index in [1.807, 2.05) is 42.5 Å². The summed E-state index contributed by atoms with van der Waals surface area (Å²) >= 11 is 1.57. The molecular formula is C18H19NOS. The first-order valence-corrected chi connectivity index (χ1v) is 8.40.